The summed E-state index contributed by atoms with van der Waals surface area (Å²) in [7, 11) is 0. The SMILES string of the molecule is CC(C)c1ccccc1N1C(=O)CS/C1=N\C(=O)NC1CCCC1c1ccc(-c2ncn(-c3ccc(OC(F)(F)F)cc3)n2)cc1. The van der Waals surface area contributed by atoms with Gasteiger partial charge in [0.1, 0.15) is 12.1 Å². The van der Waals surface area contributed by atoms with Crippen molar-refractivity contribution in [3.05, 3.63) is 90.3 Å². The fourth-order valence-corrected chi connectivity index (χ4v) is 6.73. The van der Waals surface area contributed by atoms with E-state index in [1.54, 1.807) is 4.90 Å². The Morgan fingerprint density at radius 3 is 2.50 bits per heavy atom. The predicted molar refractivity (Wildman–Crippen MR) is 170 cm³/mol. The molecular weight excluding hydrogens is 617 g/mol. The average molecular weight is 649 g/mol. The van der Waals surface area contributed by atoms with Gasteiger partial charge in [-0.3, -0.25) is 9.69 Å². The van der Waals surface area contributed by atoms with E-state index >= 15 is 0 Å². The Bertz CT molecular complexity index is 1760. The van der Waals surface area contributed by atoms with Crippen molar-refractivity contribution in [1.29, 1.82) is 0 Å². The molecule has 1 saturated heterocycles. The van der Waals surface area contributed by atoms with Gasteiger partial charge >= 0.3 is 12.4 Å². The van der Waals surface area contributed by atoms with Gasteiger partial charge in [-0.25, -0.2) is 14.5 Å². The summed E-state index contributed by atoms with van der Waals surface area (Å²) in [6.45, 7) is 4.13. The summed E-state index contributed by atoms with van der Waals surface area (Å²) in [5, 5.41) is 7.94. The topological polar surface area (TPSA) is 102 Å². The predicted octanol–water partition coefficient (Wildman–Crippen LogP) is 7.44. The second-order valence-corrected chi connectivity index (χ2v) is 12.3. The van der Waals surface area contributed by atoms with Crippen molar-refractivity contribution >= 4 is 34.6 Å². The molecule has 1 saturated carbocycles. The van der Waals surface area contributed by atoms with Crippen molar-refractivity contribution in [1.82, 2.24) is 20.1 Å². The molecule has 1 N–H and O–H groups in total. The van der Waals surface area contributed by atoms with Crippen molar-refractivity contribution in [3.63, 3.8) is 0 Å². The molecule has 6 rings (SSSR count). The summed E-state index contributed by atoms with van der Waals surface area (Å²) in [6.07, 6.45) is -0.596. The van der Waals surface area contributed by atoms with Crippen LogP contribution in [0, 0.1) is 0 Å². The lowest BCUT2D eigenvalue weighted by Crippen LogP contribution is -2.37. The van der Waals surface area contributed by atoms with Gasteiger partial charge in [0.25, 0.3) is 0 Å². The first kappa shape index (κ1) is 31.3. The van der Waals surface area contributed by atoms with Gasteiger partial charge in [-0.15, -0.1) is 18.3 Å². The van der Waals surface area contributed by atoms with E-state index in [-0.39, 0.29) is 35.3 Å². The molecule has 2 fully saturated rings. The number of nitrogens with zero attached hydrogens (tertiary/aromatic N) is 5. The third kappa shape index (κ3) is 6.94. The Balaban J connectivity index is 1.12. The molecule has 2 heterocycles. The first-order valence-electron chi connectivity index (χ1n) is 14.9. The smallest absolute Gasteiger partial charge is 0.406 e. The van der Waals surface area contributed by atoms with Gasteiger partial charge in [0.05, 0.1) is 17.1 Å². The number of halogens is 3. The highest BCUT2D eigenvalue weighted by molar-refractivity contribution is 8.15. The van der Waals surface area contributed by atoms with Crippen LogP contribution in [0.3, 0.4) is 0 Å². The Hall–Kier alpha value is -4.65. The highest BCUT2D eigenvalue weighted by atomic mass is 32.2. The third-order valence-electron chi connectivity index (χ3n) is 8.01. The van der Waals surface area contributed by atoms with Gasteiger partial charge in [-0.05, 0) is 60.2 Å². The quantitative estimate of drug-likeness (QED) is 0.224. The van der Waals surface area contributed by atoms with Gasteiger partial charge in [0.15, 0.2) is 11.0 Å². The second-order valence-electron chi connectivity index (χ2n) is 11.4. The van der Waals surface area contributed by atoms with E-state index in [1.165, 1.54) is 47.0 Å². The number of urea groups is 1. The molecule has 2 unspecified atom stereocenters. The average Bonchev–Trinajstić information content (AvgIpc) is 3.78. The lowest BCUT2D eigenvalue weighted by molar-refractivity contribution is -0.274. The number of para-hydroxylation sites is 1. The van der Waals surface area contributed by atoms with Crippen molar-refractivity contribution in [2.75, 3.05) is 10.7 Å². The minimum atomic E-state index is -4.76. The number of rotatable bonds is 7. The van der Waals surface area contributed by atoms with Crippen LogP contribution in [0.25, 0.3) is 17.1 Å². The number of alkyl halides is 3. The van der Waals surface area contributed by atoms with Gasteiger partial charge in [0, 0.05) is 17.5 Å². The number of ether oxygens (including phenoxy) is 1. The molecule has 1 aliphatic carbocycles. The maximum absolute atomic E-state index is 13.1. The molecule has 0 spiro atoms. The summed E-state index contributed by atoms with van der Waals surface area (Å²) < 4.78 is 42.8. The molecular formula is C33H31F3N6O3S. The Labute approximate surface area is 267 Å². The van der Waals surface area contributed by atoms with Crippen LogP contribution >= 0.6 is 11.8 Å². The third-order valence-corrected chi connectivity index (χ3v) is 8.93. The number of thioether (sulfide) groups is 1. The number of benzene rings is 3. The maximum atomic E-state index is 13.1. The van der Waals surface area contributed by atoms with Crippen molar-refractivity contribution < 1.29 is 27.5 Å². The molecule has 46 heavy (non-hydrogen) atoms. The Morgan fingerprint density at radius 2 is 1.78 bits per heavy atom. The van der Waals surface area contributed by atoms with Crippen LogP contribution in [0.15, 0.2) is 84.1 Å². The number of hydrogen-bond donors (Lipinski definition) is 1. The zero-order chi connectivity index (χ0) is 32.4. The van der Waals surface area contributed by atoms with E-state index < -0.39 is 12.4 Å². The lowest BCUT2D eigenvalue weighted by atomic mass is 9.93. The zero-order valence-electron chi connectivity index (χ0n) is 25.1. The molecule has 0 bridgehead atoms. The molecule has 2 aliphatic rings. The zero-order valence-corrected chi connectivity index (χ0v) is 25.9. The van der Waals surface area contributed by atoms with E-state index in [0.717, 1.165) is 41.6 Å². The number of aromatic nitrogens is 3. The largest absolute Gasteiger partial charge is 0.573 e. The molecule has 1 aliphatic heterocycles. The number of aliphatic imine (C=N–C) groups is 1. The summed E-state index contributed by atoms with van der Waals surface area (Å²) in [6, 6.07) is 20.3. The number of anilines is 1. The molecule has 3 aromatic carbocycles. The van der Waals surface area contributed by atoms with Gasteiger partial charge in [-0.1, -0.05) is 74.5 Å². The minimum Gasteiger partial charge on any atom is -0.406 e. The normalized spacial score (nSPS) is 19.3. The number of amides is 3. The fourth-order valence-electron chi connectivity index (χ4n) is 5.87. The molecule has 4 aromatic rings. The minimum absolute atomic E-state index is 0.0942. The number of nitrogens with one attached hydrogen (secondary N) is 1. The van der Waals surface area contributed by atoms with Gasteiger partial charge in [-0.2, -0.15) is 4.99 Å². The molecule has 0 radical (unpaired) electrons. The van der Waals surface area contributed by atoms with Crippen molar-refractivity contribution in [2.45, 2.75) is 57.3 Å². The van der Waals surface area contributed by atoms with Crippen LogP contribution in [-0.2, 0) is 4.79 Å². The van der Waals surface area contributed by atoms with Crippen molar-refractivity contribution in [2.24, 2.45) is 4.99 Å². The summed E-state index contributed by atoms with van der Waals surface area (Å²) in [5.41, 5.74) is 4.14. The van der Waals surface area contributed by atoms with E-state index in [0.29, 0.717) is 16.7 Å². The van der Waals surface area contributed by atoms with Crippen LogP contribution in [0.5, 0.6) is 5.75 Å². The molecule has 1 aromatic heterocycles. The summed E-state index contributed by atoms with van der Waals surface area (Å²) >= 11 is 1.26. The van der Waals surface area contributed by atoms with Crippen LogP contribution in [0.4, 0.5) is 23.7 Å². The second kappa shape index (κ2) is 13.0. The summed E-state index contributed by atoms with van der Waals surface area (Å²) in [5.74, 6) is 0.564. The van der Waals surface area contributed by atoms with Crippen molar-refractivity contribution in [3.8, 4) is 22.8 Å². The first-order chi connectivity index (χ1) is 22.1. The van der Waals surface area contributed by atoms with Crippen LogP contribution in [0.2, 0.25) is 0 Å². The van der Waals surface area contributed by atoms with E-state index in [1.807, 2.05) is 48.5 Å². The number of amidine groups is 1. The molecule has 3 amide bonds. The van der Waals surface area contributed by atoms with E-state index in [9.17, 15) is 22.8 Å². The molecule has 9 nitrogen and oxygen atoms in total. The monoisotopic (exact) mass is 648 g/mol. The van der Waals surface area contributed by atoms with Crippen LogP contribution in [-0.4, -0.2) is 50.0 Å². The Kier molecular flexibility index (Phi) is 8.85. The molecule has 238 valence electrons. The highest BCUT2D eigenvalue weighted by Crippen LogP contribution is 2.36. The number of carbonyl (C=O) groups is 2. The van der Waals surface area contributed by atoms with E-state index in [2.05, 4.69) is 39.0 Å². The first-order valence-corrected chi connectivity index (χ1v) is 15.9. The number of carbonyl (C=O) groups excluding carboxylic acids is 2. The standard InChI is InChI=1S/C33H31F3N6O3S/c1-20(2)25-6-3-4-9-28(25)42-29(43)18-46-32(42)39-31(44)38-27-8-5-7-26(27)21-10-12-22(13-11-21)30-37-19-41(40-30)23-14-16-24(17-15-23)45-33(34,35)36/h3-4,6,9-17,19-20,26-27H,5,7-8,18H2,1-2H3,(H,38,44)/b39-32-. The highest BCUT2D eigenvalue weighted by Gasteiger charge is 2.34. The fraction of sp³-hybridized carbons (Fsp3) is 0.303. The maximum Gasteiger partial charge on any atom is 0.573 e. The summed E-state index contributed by atoms with van der Waals surface area (Å²) in [4.78, 5) is 36.2. The van der Waals surface area contributed by atoms with Crippen LogP contribution in [0.1, 0.15) is 56.1 Å². The van der Waals surface area contributed by atoms with Crippen LogP contribution < -0.4 is 15.0 Å². The van der Waals surface area contributed by atoms with E-state index in [4.69, 9.17) is 0 Å². The van der Waals surface area contributed by atoms with Gasteiger partial charge < -0.3 is 10.1 Å². The van der Waals surface area contributed by atoms with Gasteiger partial charge in [0.2, 0.25) is 5.91 Å². The Morgan fingerprint density at radius 1 is 1.04 bits per heavy atom. The molecule has 13 heteroatoms. The number of hydrogen-bond acceptors (Lipinski definition) is 6. The lowest BCUT2D eigenvalue weighted by Gasteiger charge is -2.22. The molecule has 2 atom stereocenters.